The first-order valence-electron chi connectivity index (χ1n) is 7.30. The van der Waals surface area contributed by atoms with Gasteiger partial charge in [-0.2, -0.15) is 5.10 Å². The highest BCUT2D eigenvalue weighted by atomic mass is 15.4. The van der Waals surface area contributed by atoms with Gasteiger partial charge in [0.25, 0.3) is 0 Å². The van der Waals surface area contributed by atoms with Crippen molar-refractivity contribution in [3.05, 3.63) is 0 Å². The van der Waals surface area contributed by atoms with Gasteiger partial charge in [-0.15, -0.1) is 0 Å². The topological polar surface area (TPSA) is 18.6 Å². The zero-order chi connectivity index (χ0) is 13.2. The fraction of sp³-hybridized carbons (Fsp3) is 0.867. The molecule has 2 rings (SSSR count). The van der Waals surface area contributed by atoms with E-state index < -0.39 is 0 Å². The van der Waals surface area contributed by atoms with Crippen molar-refractivity contribution >= 4 is 11.4 Å². The van der Waals surface area contributed by atoms with E-state index in [0.29, 0.717) is 5.41 Å². The van der Waals surface area contributed by atoms with Crippen molar-refractivity contribution < 1.29 is 4.58 Å². The maximum absolute atomic E-state index is 4.68. The molecule has 3 heteroatoms. The second-order valence-corrected chi connectivity index (χ2v) is 6.82. The molecule has 0 aromatic carbocycles. The standard InChI is InChI=1S/C15H28N3/c1-15(2)11-13(16-17(3)4)10-14(12-15)18-8-6-5-7-9-18/h5-12H2,1-4H3/q+1. The number of hydrogen-bond acceptors (Lipinski definition) is 2. The number of piperidine rings is 1. The third kappa shape index (κ3) is 3.56. The van der Waals surface area contributed by atoms with Crippen LogP contribution in [0.25, 0.3) is 0 Å². The highest BCUT2D eigenvalue weighted by Gasteiger charge is 2.34. The minimum Gasteiger partial charge on any atom is -0.303 e. The SMILES string of the molecule is CN(C)N=C1CC(=[N+]2CCCCC2)CC(C)(C)C1. The van der Waals surface area contributed by atoms with E-state index in [1.54, 1.807) is 5.71 Å². The number of hydrazone groups is 1. The van der Waals surface area contributed by atoms with Crippen LogP contribution >= 0.6 is 0 Å². The van der Waals surface area contributed by atoms with Crippen molar-refractivity contribution in [3.63, 3.8) is 0 Å². The van der Waals surface area contributed by atoms with Crippen molar-refractivity contribution in [3.8, 4) is 0 Å². The Kier molecular flexibility index (Phi) is 4.08. The van der Waals surface area contributed by atoms with Crippen LogP contribution in [-0.4, -0.2) is 48.2 Å². The summed E-state index contributed by atoms with van der Waals surface area (Å²) in [6.07, 6.45) is 7.63. The molecule has 0 spiro atoms. The van der Waals surface area contributed by atoms with Crippen molar-refractivity contribution in [2.45, 2.75) is 52.4 Å². The molecular formula is C15H28N3+. The van der Waals surface area contributed by atoms with Gasteiger partial charge in [-0.3, -0.25) is 0 Å². The van der Waals surface area contributed by atoms with Crippen LogP contribution in [-0.2, 0) is 0 Å². The van der Waals surface area contributed by atoms with Gasteiger partial charge >= 0.3 is 0 Å². The zero-order valence-corrected chi connectivity index (χ0v) is 12.5. The van der Waals surface area contributed by atoms with Gasteiger partial charge in [0, 0.05) is 39.1 Å². The predicted octanol–water partition coefficient (Wildman–Crippen LogP) is 2.75. The normalized spacial score (nSPS) is 26.6. The van der Waals surface area contributed by atoms with E-state index in [2.05, 4.69) is 23.5 Å². The van der Waals surface area contributed by atoms with Crippen molar-refractivity contribution in [1.82, 2.24) is 5.01 Å². The van der Waals surface area contributed by atoms with Gasteiger partial charge in [0.15, 0.2) is 5.71 Å². The largest absolute Gasteiger partial charge is 0.303 e. The molecule has 1 saturated carbocycles. The predicted molar refractivity (Wildman–Crippen MR) is 77.6 cm³/mol. The maximum atomic E-state index is 4.68. The first-order chi connectivity index (χ1) is 8.46. The van der Waals surface area contributed by atoms with Crippen LogP contribution in [0.4, 0.5) is 0 Å². The summed E-state index contributed by atoms with van der Waals surface area (Å²) in [5.74, 6) is 0. The Morgan fingerprint density at radius 1 is 1.06 bits per heavy atom. The summed E-state index contributed by atoms with van der Waals surface area (Å²) in [7, 11) is 4.05. The van der Waals surface area contributed by atoms with E-state index in [4.69, 9.17) is 0 Å². The monoisotopic (exact) mass is 250 g/mol. The van der Waals surface area contributed by atoms with E-state index >= 15 is 0 Å². The fourth-order valence-electron chi connectivity index (χ4n) is 3.32. The molecule has 3 nitrogen and oxygen atoms in total. The Bertz CT molecular complexity index is 356. The molecule has 1 saturated heterocycles. The number of nitrogens with zero attached hydrogens (tertiary/aromatic N) is 3. The molecule has 2 aliphatic rings. The molecule has 0 N–H and O–H groups in total. The molecular weight excluding hydrogens is 222 g/mol. The smallest absolute Gasteiger partial charge is 0.158 e. The molecule has 102 valence electrons. The average molecular weight is 250 g/mol. The highest BCUT2D eigenvalue weighted by molar-refractivity contribution is 6.05. The third-order valence-corrected chi connectivity index (χ3v) is 3.92. The van der Waals surface area contributed by atoms with E-state index in [1.807, 2.05) is 19.1 Å². The molecule has 0 amide bonds. The summed E-state index contributed by atoms with van der Waals surface area (Å²) in [5, 5.41) is 6.63. The lowest BCUT2D eigenvalue weighted by molar-refractivity contribution is -0.539. The average Bonchev–Trinajstić information content (AvgIpc) is 2.27. The van der Waals surface area contributed by atoms with Crippen molar-refractivity contribution in [2.24, 2.45) is 10.5 Å². The first-order valence-corrected chi connectivity index (χ1v) is 7.30. The van der Waals surface area contributed by atoms with Gasteiger partial charge in [-0.05, 0) is 18.3 Å². The molecule has 0 aromatic heterocycles. The summed E-state index contributed by atoms with van der Waals surface area (Å²) < 4.78 is 2.63. The van der Waals surface area contributed by atoms with Crippen LogP contribution in [0.1, 0.15) is 52.4 Å². The molecule has 0 atom stereocenters. The number of hydrogen-bond donors (Lipinski definition) is 0. The minimum atomic E-state index is 0.375. The Balaban J connectivity index is 2.21. The summed E-state index contributed by atoms with van der Waals surface area (Å²) in [4.78, 5) is 0. The summed E-state index contributed by atoms with van der Waals surface area (Å²) in [6.45, 7) is 7.28. The van der Waals surface area contributed by atoms with Gasteiger partial charge in [0.2, 0.25) is 0 Å². The Morgan fingerprint density at radius 2 is 1.72 bits per heavy atom. The van der Waals surface area contributed by atoms with Crippen LogP contribution in [0.2, 0.25) is 0 Å². The van der Waals surface area contributed by atoms with E-state index in [-0.39, 0.29) is 0 Å². The van der Waals surface area contributed by atoms with Gasteiger partial charge in [0.1, 0.15) is 13.1 Å². The summed E-state index contributed by atoms with van der Waals surface area (Å²) in [6, 6.07) is 0. The molecule has 18 heavy (non-hydrogen) atoms. The lowest BCUT2D eigenvalue weighted by Gasteiger charge is -2.31. The zero-order valence-electron chi connectivity index (χ0n) is 12.5. The quantitative estimate of drug-likeness (QED) is 0.517. The van der Waals surface area contributed by atoms with Gasteiger partial charge in [-0.25, -0.2) is 4.58 Å². The van der Waals surface area contributed by atoms with Gasteiger partial charge in [0.05, 0.1) is 6.42 Å². The van der Waals surface area contributed by atoms with Gasteiger partial charge < -0.3 is 5.01 Å². The Morgan fingerprint density at radius 3 is 2.33 bits per heavy atom. The molecule has 1 aliphatic carbocycles. The Hall–Kier alpha value is -0.860. The van der Waals surface area contributed by atoms with Crippen LogP contribution in [0, 0.1) is 5.41 Å². The van der Waals surface area contributed by atoms with Crippen molar-refractivity contribution in [1.29, 1.82) is 0 Å². The second kappa shape index (κ2) is 5.41. The molecule has 1 aliphatic heterocycles. The molecule has 0 aromatic rings. The second-order valence-electron chi connectivity index (χ2n) is 6.82. The summed E-state index contributed by atoms with van der Waals surface area (Å²) >= 11 is 0. The summed E-state index contributed by atoms with van der Waals surface area (Å²) in [5.41, 5.74) is 3.36. The number of rotatable bonds is 1. The van der Waals surface area contributed by atoms with Crippen LogP contribution in [0.3, 0.4) is 0 Å². The van der Waals surface area contributed by atoms with E-state index in [0.717, 1.165) is 12.8 Å². The van der Waals surface area contributed by atoms with E-state index in [1.165, 1.54) is 44.5 Å². The minimum absolute atomic E-state index is 0.375. The van der Waals surface area contributed by atoms with Crippen molar-refractivity contribution in [2.75, 3.05) is 27.2 Å². The fourth-order valence-corrected chi connectivity index (χ4v) is 3.32. The molecule has 0 bridgehead atoms. The Labute approximate surface area is 112 Å². The van der Waals surface area contributed by atoms with Crippen LogP contribution < -0.4 is 0 Å². The first kappa shape index (κ1) is 13.6. The molecule has 2 fully saturated rings. The molecule has 0 radical (unpaired) electrons. The third-order valence-electron chi connectivity index (χ3n) is 3.92. The van der Waals surface area contributed by atoms with Crippen LogP contribution in [0.15, 0.2) is 5.10 Å². The highest BCUT2D eigenvalue weighted by Crippen LogP contribution is 2.32. The van der Waals surface area contributed by atoms with Gasteiger partial charge in [-0.1, -0.05) is 13.8 Å². The molecule has 0 unspecified atom stereocenters. The van der Waals surface area contributed by atoms with E-state index in [9.17, 15) is 0 Å². The lowest BCUT2D eigenvalue weighted by Crippen LogP contribution is -2.37. The lowest BCUT2D eigenvalue weighted by atomic mass is 9.75. The maximum Gasteiger partial charge on any atom is 0.158 e. The molecule has 1 heterocycles. The van der Waals surface area contributed by atoms with Crippen LogP contribution in [0.5, 0.6) is 0 Å².